The normalized spacial score (nSPS) is 17.8. The Kier molecular flexibility index (Phi) is 7.30. The molecule has 0 radical (unpaired) electrons. The minimum Gasteiger partial charge on any atom is -0.486 e. The summed E-state index contributed by atoms with van der Waals surface area (Å²) in [5, 5.41) is 13.8. The summed E-state index contributed by atoms with van der Waals surface area (Å²) in [4.78, 5) is 18.7. The van der Waals surface area contributed by atoms with Crippen molar-refractivity contribution in [2.45, 2.75) is 51.9 Å². The lowest BCUT2D eigenvalue weighted by molar-refractivity contribution is 0.0385. The second-order valence-corrected chi connectivity index (χ2v) is 10.6. The van der Waals surface area contributed by atoms with Gasteiger partial charge in [0.15, 0.2) is 17.3 Å². The number of ether oxygens (including phenoxy) is 3. The van der Waals surface area contributed by atoms with Crippen LogP contribution in [0.15, 0.2) is 53.3 Å². The van der Waals surface area contributed by atoms with Crippen molar-refractivity contribution in [3.05, 3.63) is 75.8 Å². The maximum Gasteiger partial charge on any atom is 0.252 e. The molecule has 2 aliphatic heterocycles. The van der Waals surface area contributed by atoms with E-state index in [-0.39, 0.29) is 23.6 Å². The van der Waals surface area contributed by atoms with E-state index >= 15 is 0 Å². The average molecular weight is 531 g/mol. The number of rotatable bonds is 9. The highest BCUT2D eigenvalue weighted by Crippen LogP contribution is 2.34. The quantitative estimate of drug-likeness (QED) is 0.349. The molecule has 0 aliphatic carbocycles. The summed E-state index contributed by atoms with van der Waals surface area (Å²) in [6.07, 6.45) is 2.13. The lowest BCUT2D eigenvalue weighted by atomic mass is 9.99. The smallest absolute Gasteiger partial charge is 0.252 e. The van der Waals surface area contributed by atoms with E-state index in [2.05, 4.69) is 51.4 Å². The third-order valence-corrected chi connectivity index (χ3v) is 7.44. The molecule has 2 aromatic carbocycles. The number of hydrogen-bond acceptors (Lipinski definition) is 8. The Hall–Kier alpha value is -3.76. The first-order valence-electron chi connectivity index (χ1n) is 13.7. The Labute approximate surface area is 226 Å². The van der Waals surface area contributed by atoms with E-state index in [1.54, 1.807) is 0 Å². The second-order valence-electron chi connectivity index (χ2n) is 10.6. The molecule has 6 rings (SSSR count). The van der Waals surface area contributed by atoms with Crippen molar-refractivity contribution in [2.75, 3.05) is 26.4 Å². The fraction of sp³-hybridized carbons (Fsp3) is 0.448. The molecule has 1 N–H and O–H groups in total. The first kappa shape index (κ1) is 25.5. The van der Waals surface area contributed by atoms with Crippen LogP contribution in [0.25, 0.3) is 10.9 Å². The highest BCUT2D eigenvalue weighted by Gasteiger charge is 2.32. The molecule has 0 unspecified atom stereocenters. The molecule has 0 spiro atoms. The molecule has 10 nitrogen and oxygen atoms in total. The number of H-pyrrole nitrogens is 1. The summed E-state index contributed by atoms with van der Waals surface area (Å²) in [5.41, 5.74) is 2.40. The predicted molar refractivity (Wildman–Crippen MR) is 146 cm³/mol. The van der Waals surface area contributed by atoms with Gasteiger partial charge in [-0.3, -0.25) is 9.69 Å². The molecule has 204 valence electrons. The van der Waals surface area contributed by atoms with Gasteiger partial charge in [-0.25, -0.2) is 4.68 Å². The number of aromatic amines is 1. The number of hydrogen-bond donors (Lipinski definition) is 1. The largest absolute Gasteiger partial charge is 0.486 e. The van der Waals surface area contributed by atoms with E-state index in [9.17, 15) is 4.79 Å². The van der Waals surface area contributed by atoms with E-state index in [0.717, 1.165) is 41.7 Å². The summed E-state index contributed by atoms with van der Waals surface area (Å²) in [6.45, 7) is 7.80. The lowest BCUT2D eigenvalue weighted by Crippen LogP contribution is -2.40. The molecule has 2 atom stereocenters. The van der Waals surface area contributed by atoms with E-state index < -0.39 is 0 Å². The van der Waals surface area contributed by atoms with E-state index in [1.165, 1.54) is 0 Å². The van der Waals surface area contributed by atoms with Crippen LogP contribution in [0.2, 0.25) is 0 Å². The summed E-state index contributed by atoms with van der Waals surface area (Å²) >= 11 is 0. The van der Waals surface area contributed by atoms with Gasteiger partial charge in [0.25, 0.3) is 5.56 Å². The fourth-order valence-electron chi connectivity index (χ4n) is 5.63. The van der Waals surface area contributed by atoms with Crippen molar-refractivity contribution in [1.29, 1.82) is 0 Å². The predicted octanol–water partition coefficient (Wildman–Crippen LogP) is 3.71. The first-order valence-corrected chi connectivity index (χ1v) is 13.7. The number of nitrogens with one attached hydrogen (secondary N) is 1. The molecule has 0 bridgehead atoms. The summed E-state index contributed by atoms with van der Waals surface area (Å²) < 4.78 is 19.4. The number of aromatic nitrogens is 5. The molecular formula is C29H34N6O4. The summed E-state index contributed by atoms with van der Waals surface area (Å²) in [5.74, 6) is 2.32. The van der Waals surface area contributed by atoms with Crippen LogP contribution < -0.4 is 15.0 Å². The van der Waals surface area contributed by atoms with Crippen LogP contribution in [-0.4, -0.2) is 62.6 Å². The van der Waals surface area contributed by atoms with Gasteiger partial charge in [0.05, 0.1) is 24.2 Å². The fourth-order valence-corrected chi connectivity index (χ4v) is 5.63. The Bertz CT molecular complexity index is 1480. The average Bonchev–Trinajstić information content (AvgIpc) is 3.61. The zero-order chi connectivity index (χ0) is 26.8. The minimum absolute atomic E-state index is 0.0989. The zero-order valence-corrected chi connectivity index (χ0v) is 22.4. The number of nitrogens with zero attached hydrogens (tertiary/aromatic N) is 5. The van der Waals surface area contributed by atoms with Crippen LogP contribution in [0.4, 0.5) is 0 Å². The maximum absolute atomic E-state index is 13.3. The molecule has 10 heteroatoms. The Morgan fingerprint density at radius 3 is 2.62 bits per heavy atom. The van der Waals surface area contributed by atoms with E-state index in [1.807, 2.05) is 41.1 Å². The molecule has 2 aromatic heterocycles. The first-order chi connectivity index (χ1) is 19.0. The molecule has 4 aromatic rings. The van der Waals surface area contributed by atoms with E-state index in [4.69, 9.17) is 14.2 Å². The van der Waals surface area contributed by atoms with Crippen LogP contribution >= 0.6 is 0 Å². The van der Waals surface area contributed by atoms with Crippen molar-refractivity contribution in [2.24, 2.45) is 5.92 Å². The SMILES string of the molecule is CC(C)[C@H](c1nnnn1Cc1ccccc1)N(Cc1cc2cc3c(cc2[nH]c1=O)OCCO3)C[C@H]1CCCO1. The Morgan fingerprint density at radius 1 is 1.08 bits per heavy atom. The van der Waals surface area contributed by atoms with Gasteiger partial charge in [-0.05, 0) is 46.9 Å². The maximum atomic E-state index is 13.3. The van der Waals surface area contributed by atoms with Gasteiger partial charge in [-0.1, -0.05) is 44.2 Å². The number of tetrazole rings is 1. The van der Waals surface area contributed by atoms with Gasteiger partial charge in [0.2, 0.25) is 0 Å². The molecular weight excluding hydrogens is 496 g/mol. The van der Waals surface area contributed by atoms with Crippen molar-refractivity contribution in [3.8, 4) is 11.5 Å². The molecule has 0 saturated carbocycles. The molecule has 1 fully saturated rings. The number of benzene rings is 2. The van der Waals surface area contributed by atoms with Crippen molar-refractivity contribution in [1.82, 2.24) is 30.1 Å². The molecule has 0 amide bonds. The van der Waals surface area contributed by atoms with Crippen LogP contribution in [0.5, 0.6) is 11.5 Å². The number of fused-ring (bicyclic) bond motifs is 2. The Morgan fingerprint density at radius 2 is 1.87 bits per heavy atom. The van der Waals surface area contributed by atoms with Crippen LogP contribution in [0.3, 0.4) is 0 Å². The van der Waals surface area contributed by atoms with E-state index in [0.29, 0.717) is 49.9 Å². The standard InChI is InChI=1S/C29H34N6O4/c1-19(2)27(28-31-32-33-35(28)16-20-7-4-3-5-8-20)34(18-23-9-6-10-37-23)17-22-13-21-14-25-26(39-12-11-38-25)15-24(21)30-29(22)36/h3-5,7-8,13-15,19,23,27H,6,9-12,16-18H2,1-2H3,(H,30,36)/t23-,27-/m1/s1. The summed E-state index contributed by atoms with van der Waals surface area (Å²) in [7, 11) is 0. The highest BCUT2D eigenvalue weighted by molar-refractivity contribution is 5.83. The van der Waals surface area contributed by atoms with Crippen molar-refractivity contribution >= 4 is 10.9 Å². The minimum atomic E-state index is -0.122. The van der Waals surface area contributed by atoms with Crippen molar-refractivity contribution in [3.63, 3.8) is 0 Å². The van der Waals surface area contributed by atoms with Crippen molar-refractivity contribution < 1.29 is 14.2 Å². The highest BCUT2D eigenvalue weighted by atomic mass is 16.6. The second kappa shape index (κ2) is 11.2. The third kappa shape index (κ3) is 5.53. The van der Waals surface area contributed by atoms with Gasteiger partial charge in [-0.2, -0.15) is 0 Å². The number of pyridine rings is 1. The molecule has 2 aliphatic rings. The lowest BCUT2D eigenvalue weighted by Gasteiger charge is -2.35. The zero-order valence-electron chi connectivity index (χ0n) is 22.4. The van der Waals surface area contributed by atoms with Gasteiger partial charge in [-0.15, -0.1) is 5.10 Å². The molecule has 4 heterocycles. The van der Waals surface area contributed by atoms with Gasteiger partial charge in [0, 0.05) is 36.7 Å². The van der Waals surface area contributed by atoms with Crippen LogP contribution in [-0.2, 0) is 17.8 Å². The monoisotopic (exact) mass is 530 g/mol. The topological polar surface area (TPSA) is 107 Å². The molecule has 1 saturated heterocycles. The van der Waals surface area contributed by atoms with Gasteiger partial charge in [0.1, 0.15) is 13.2 Å². The Balaban J connectivity index is 1.36. The van der Waals surface area contributed by atoms with Gasteiger partial charge < -0.3 is 19.2 Å². The molecule has 39 heavy (non-hydrogen) atoms. The van der Waals surface area contributed by atoms with Gasteiger partial charge >= 0.3 is 0 Å². The van der Waals surface area contributed by atoms with Crippen LogP contribution in [0.1, 0.15) is 49.7 Å². The third-order valence-electron chi connectivity index (χ3n) is 7.44. The van der Waals surface area contributed by atoms with Crippen LogP contribution in [0, 0.1) is 5.92 Å². The summed E-state index contributed by atoms with van der Waals surface area (Å²) in [6, 6.07) is 15.8.